The molecule has 1 fully saturated rings. The molecule has 1 saturated heterocycles. The molecule has 0 aromatic heterocycles. The largest absolute Gasteiger partial charge is 0.489 e. The molecule has 18 heavy (non-hydrogen) atoms. The van der Waals surface area contributed by atoms with E-state index < -0.39 is 11.8 Å². The molecule has 96 valence electrons. The summed E-state index contributed by atoms with van der Waals surface area (Å²) in [5, 5.41) is 0. The number of Topliss-reactive ketones (excluding diaryl/α,β-unsaturated/α-hetero) is 1. The van der Waals surface area contributed by atoms with Crippen molar-refractivity contribution in [2.45, 2.75) is 13.0 Å². The van der Waals surface area contributed by atoms with Gasteiger partial charge >= 0.3 is 5.97 Å². The molecular formula is C13H14O4S. The van der Waals surface area contributed by atoms with Crippen molar-refractivity contribution in [3.05, 3.63) is 29.8 Å². The predicted octanol–water partition coefficient (Wildman–Crippen LogP) is 1.93. The van der Waals surface area contributed by atoms with E-state index in [1.165, 1.54) is 0 Å². The minimum Gasteiger partial charge on any atom is -0.489 e. The average molecular weight is 266 g/mol. The Labute approximate surface area is 110 Å². The first-order valence-electron chi connectivity index (χ1n) is 5.76. The number of benzene rings is 1. The molecule has 4 nitrogen and oxygen atoms in total. The van der Waals surface area contributed by atoms with Crippen LogP contribution in [0.3, 0.4) is 0 Å². The lowest BCUT2D eigenvalue weighted by molar-refractivity contribution is -0.137. The molecule has 0 radical (unpaired) electrons. The summed E-state index contributed by atoms with van der Waals surface area (Å²) in [4.78, 5) is 23.1. The molecule has 5 heteroatoms. The lowest BCUT2D eigenvalue weighted by Crippen LogP contribution is -2.31. The van der Waals surface area contributed by atoms with Gasteiger partial charge in [0.05, 0.1) is 6.61 Å². The Morgan fingerprint density at radius 3 is 2.78 bits per heavy atom. The number of ether oxygens (including phenoxy) is 2. The van der Waals surface area contributed by atoms with Gasteiger partial charge in [-0.2, -0.15) is 11.8 Å². The van der Waals surface area contributed by atoms with Crippen LogP contribution in [0.5, 0.6) is 5.75 Å². The second-order valence-corrected chi connectivity index (χ2v) is 4.93. The summed E-state index contributed by atoms with van der Waals surface area (Å²) in [6, 6.07) is 6.66. The minimum absolute atomic E-state index is 0.195. The molecule has 0 spiro atoms. The number of hydrogen-bond acceptors (Lipinski definition) is 5. The highest BCUT2D eigenvalue weighted by molar-refractivity contribution is 8.00. The quantitative estimate of drug-likeness (QED) is 0.463. The van der Waals surface area contributed by atoms with Crippen molar-refractivity contribution in [2.75, 3.05) is 18.1 Å². The monoisotopic (exact) mass is 266 g/mol. The van der Waals surface area contributed by atoms with E-state index in [2.05, 4.69) is 4.74 Å². The molecular weight excluding hydrogens is 252 g/mol. The summed E-state index contributed by atoms with van der Waals surface area (Å²) in [7, 11) is 0. The van der Waals surface area contributed by atoms with Crippen LogP contribution in [-0.2, 0) is 9.53 Å². The van der Waals surface area contributed by atoms with Gasteiger partial charge in [-0.3, -0.25) is 4.79 Å². The number of thioether (sulfide) groups is 1. The maximum atomic E-state index is 11.7. The maximum Gasteiger partial charge on any atom is 0.379 e. The van der Waals surface area contributed by atoms with Gasteiger partial charge < -0.3 is 9.47 Å². The van der Waals surface area contributed by atoms with Crippen LogP contribution in [0.15, 0.2) is 24.3 Å². The molecule has 0 N–H and O–H groups in total. The van der Waals surface area contributed by atoms with Crippen LogP contribution in [0.1, 0.15) is 17.3 Å². The Morgan fingerprint density at radius 2 is 2.17 bits per heavy atom. The zero-order valence-corrected chi connectivity index (χ0v) is 10.9. The SMILES string of the molecule is CCOC(=O)C(=O)c1cccc(OC2CSC2)c1. The van der Waals surface area contributed by atoms with E-state index in [0.29, 0.717) is 11.3 Å². The predicted molar refractivity (Wildman–Crippen MR) is 69.1 cm³/mol. The molecule has 0 saturated carbocycles. The van der Waals surface area contributed by atoms with Crippen LogP contribution in [0.2, 0.25) is 0 Å². The summed E-state index contributed by atoms with van der Waals surface area (Å²) < 4.78 is 10.3. The highest BCUT2D eigenvalue weighted by atomic mass is 32.2. The van der Waals surface area contributed by atoms with E-state index in [9.17, 15) is 9.59 Å². The van der Waals surface area contributed by atoms with Gasteiger partial charge in [0.2, 0.25) is 0 Å². The van der Waals surface area contributed by atoms with Gasteiger partial charge in [-0.15, -0.1) is 0 Å². The van der Waals surface area contributed by atoms with Crippen LogP contribution >= 0.6 is 11.8 Å². The highest BCUT2D eigenvalue weighted by Crippen LogP contribution is 2.24. The van der Waals surface area contributed by atoms with Crippen molar-refractivity contribution in [3.8, 4) is 5.75 Å². The highest BCUT2D eigenvalue weighted by Gasteiger charge is 2.21. The zero-order valence-electron chi connectivity index (χ0n) is 10.0. The molecule has 1 aliphatic rings. The summed E-state index contributed by atoms with van der Waals surface area (Å²) >= 11 is 1.82. The molecule has 0 unspecified atom stereocenters. The normalized spacial score (nSPS) is 14.7. The van der Waals surface area contributed by atoms with Crippen molar-refractivity contribution in [3.63, 3.8) is 0 Å². The molecule has 0 aliphatic carbocycles. The van der Waals surface area contributed by atoms with E-state index in [0.717, 1.165) is 11.5 Å². The Hall–Kier alpha value is -1.49. The third kappa shape index (κ3) is 3.04. The number of rotatable bonds is 5. The van der Waals surface area contributed by atoms with Crippen LogP contribution in [0, 0.1) is 0 Å². The molecule has 1 aromatic rings. The molecule has 0 bridgehead atoms. The smallest absolute Gasteiger partial charge is 0.379 e. The fourth-order valence-electron chi connectivity index (χ4n) is 1.50. The first kappa shape index (κ1) is 13.0. The van der Waals surface area contributed by atoms with Crippen molar-refractivity contribution in [1.82, 2.24) is 0 Å². The molecule has 1 aromatic carbocycles. The number of ketones is 1. The standard InChI is InChI=1S/C13H14O4S/c1-2-16-13(15)12(14)9-4-3-5-10(6-9)17-11-7-18-8-11/h3-6,11H,2,7-8H2,1H3. The number of carbonyl (C=O) groups is 2. The van der Waals surface area contributed by atoms with Gasteiger partial charge in [-0.25, -0.2) is 4.79 Å². The van der Waals surface area contributed by atoms with Crippen LogP contribution in [0.25, 0.3) is 0 Å². The lowest BCUT2D eigenvalue weighted by atomic mass is 10.1. The van der Waals surface area contributed by atoms with Crippen molar-refractivity contribution >= 4 is 23.5 Å². The fourth-order valence-corrected chi connectivity index (χ4v) is 2.06. The first-order chi connectivity index (χ1) is 8.70. The van der Waals surface area contributed by atoms with Gasteiger partial charge in [0.25, 0.3) is 5.78 Å². The number of hydrogen-bond donors (Lipinski definition) is 0. The molecule has 1 heterocycles. The lowest BCUT2D eigenvalue weighted by Gasteiger charge is -2.25. The van der Waals surface area contributed by atoms with E-state index in [-0.39, 0.29) is 12.7 Å². The summed E-state index contributed by atoms with van der Waals surface area (Å²) in [6.45, 7) is 1.86. The number of esters is 1. The van der Waals surface area contributed by atoms with E-state index >= 15 is 0 Å². The second kappa shape index (κ2) is 5.91. The third-order valence-corrected chi connectivity index (χ3v) is 3.68. The van der Waals surface area contributed by atoms with Crippen molar-refractivity contribution < 1.29 is 19.1 Å². The molecule has 0 amide bonds. The fraction of sp³-hybridized carbons (Fsp3) is 0.385. The Morgan fingerprint density at radius 1 is 1.39 bits per heavy atom. The summed E-state index contributed by atoms with van der Waals surface area (Å²) in [5.41, 5.74) is 0.304. The first-order valence-corrected chi connectivity index (χ1v) is 6.92. The molecule has 2 rings (SSSR count). The van der Waals surface area contributed by atoms with Crippen LogP contribution in [0.4, 0.5) is 0 Å². The maximum absolute atomic E-state index is 11.7. The van der Waals surface area contributed by atoms with E-state index in [4.69, 9.17) is 4.74 Å². The molecule has 1 aliphatic heterocycles. The van der Waals surface area contributed by atoms with Crippen molar-refractivity contribution in [1.29, 1.82) is 0 Å². The number of carbonyl (C=O) groups excluding carboxylic acids is 2. The van der Waals surface area contributed by atoms with E-state index in [1.54, 1.807) is 31.2 Å². The zero-order chi connectivity index (χ0) is 13.0. The van der Waals surface area contributed by atoms with E-state index in [1.807, 2.05) is 11.8 Å². The Bertz CT molecular complexity index is 454. The van der Waals surface area contributed by atoms with Gasteiger partial charge in [-0.05, 0) is 19.1 Å². The van der Waals surface area contributed by atoms with Crippen LogP contribution in [-0.4, -0.2) is 36.0 Å². The summed E-state index contributed by atoms with van der Waals surface area (Å²) in [6.07, 6.45) is 0.211. The Balaban J connectivity index is 2.05. The van der Waals surface area contributed by atoms with Gasteiger partial charge in [-0.1, -0.05) is 12.1 Å². The summed E-state index contributed by atoms with van der Waals surface area (Å²) in [5.74, 6) is 1.10. The third-order valence-electron chi connectivity index (χ3n) is 2.47. The van der Waals surface area contributed by atoms with Gasteiger partial charge in [0.15, 0.2) is 0 Å². The van der Waals surface area contributed by atoms with Crippen LogP contribution < -0.4 is 4.74 Å². The second-order valence-electron chi connectivity index (χ2n) is 3.85. The minimum atomic E-state index is -0.825. The average Bonchev–Trinajstić information content (AvgIpc) is 2.34. The van der Waals surface area contributed by atoms with Gasteiger partial charge in [0.1, 0.15) is 11.9 Å². The van der Waals surface area contributed by atoms with Crippen molar-refractivity contribution in [2.24, 2.45) is 0 Å². The van der Waals surface area contributed by atoms with Gasteiger partial charge in [0, 0.05) is 17.1 Å². The molecule has 0 atom stereocenters. The topological polar surface area (TPSA) is 52.6 Å². The Kier molecular flexibility index (Phi) is 4.25.